The quantitative estimate of drug-likeness (QED) is 0.408. The van der Waals surface area contributed by atoms with Gasteiger partial charge in [0.05, 0.1) is 10.6 Å². The minimum atomic E-state index is -0.353. The van der Waals surface area contributed by atoms with Crippen molar-refractivity contribution in [1.82, 2.24) is 15.3 Å². The Morgan fingerprint density at radius 2 is 1.76 bits per heavy atom. The van der Waals surface area contributed by atoms with Gasteiger partial charge < -0.3 is 0 Å². The van der Waals surface area contributed by atoms with Gasteiger partial charge in [0.15, 0.2) is 0 Å². The van der Waals surface area contributed by atoms with E-state index >= 15 is 0 Å². The number of hydrogen-bond donors (Lipinski definition) is 1. The Morgan fingerprint density at radius 3 is 2.59 bits per heavy atom. The molecule has 174 valence electrons. The van der Waals surface area contributed by atoms with Crippen LogP contribution in [0, 0.1) is 11.8 Å². The first-order valence-electron chi connectivity index (χ1n) is 12.2. The monoisotopic (exact) mass is 471 g/mol. The number of carbonyl (C=O) groups excluding carboxylic acids is 2. The summed E-state index contributed by atoms with van der Waals surface area (Å²) in [6.45, 7) is 0. The second-order valence-corrected chi connectivity index (χ2v) is 10.4. The summed E-state index contributed by atoms with van der Waals surface area (Å²) >= 11 is 0.917. The molecule has 6 heteroatoms. The highest BCUT2D eigenvalue weighted by atomic mass is 32.2. The van der Waals surface area contributed by atoms with Crippen molar-refractivity contribution in [2.45, 2.75) is 51.4 Å². The van der Waals surface area contributed by atoms with E-state index in [0.29, 0.717) is 16.5 Å². The number of imide groups is 1. The summed E-state index contributed by atoms with van der Waals surface area (Å²) in [5.74, 6) is 1.90. The minimum absolute atomic E-state index is 0.334. The smallest absolute Gasteiger partial charge is 0.282 e. The van der Waals surface area contributed by atoms with E-state index < -0.39 is 0 Å². The molecule has 1 N–H and O–H groups in total. The predicted molar refractivity (Wildman–Crippen MR) is 137 cm³/mol. The molecule has 1 aliphatic heterocycles. The Kier molecular flexibility index (Phi) is 7.05. The van der Waals surface area contributed by atoms with Crippen LogP contribution in [0.15, 0.2) is 59.6 Å². The second-order valence-electron chi connectivity index (χ2n) is 9.37. The fraction of sp³-hybridized carbons (Fsp3) is 0.357. The summed E-state index contributed by atoms with van der Waals surface area (Å²) in [6, 6.07) is 17.1. The average Bonchev–Trinajstić information content (AvgIpc) is 3.17. The van der Waals surface area contributed by atoms with E-state index in [9.17, 15) is 9.59 Å². The van der Waals surface area contributed by atoms with Crippen molar-refractivity contribution in [3.8, 4) is 0 Å². The van der Waals surface area contributed by atoms with E-state index in [2.05, 4.69) is 57.7 Å². The van der Waals surface area contributed by atoms with Crippen molar-refractivity contribution in [1.29, 1.82) is 0 Å². The van der Waals surface area contributed by atoms with Gasteiger partial charge in [-0.15, -0.1) is 0 Å². The number of hydrogen-bond acceptors (Lipinski definition) is 5. The van der Waals surface area contributed by atoms with Crippen LogP contribution in [0.2, 0.25) is 0 Å². The fourth-order valence-corrected chi connectivity index (χ4v) is 5.89. The van der Waals surface area contributed by atoms with Gasteiger partial charge in [0.2, 0.25) is 0 Å². The Balaban J connectivity index is 1.10. The molecule has 34 heavy (non-hydrogen) atoms. The lowest BCUT2D eigenvalue weighted by Crippen LogP contribution is -2.18. The zero-order valence-electron chi connectivity index (χ0n) is 19.2. The molecule has 1 aliphatic carbocycles. The maximum Gasteiger partial charge on any atom is 0.290 e. The SMILES string of the molecule is O=C1NC(=O)/C(=C/c2ccnc(CC3CCC(CCCc4cccc5ccccc45)CC3)n2)S1. The summed E-state index contributed by atoms with van der Waals surface area (Å²) in [5.41, 5.74) is 2.15. The van der Waals surface area contributed by atoms with Gasteiger partial charge in [-0.1, -0.05) is 61.7 Å². The third-order valence-corrected chi connectivity index (χ3v) is 7.83. The molecule has 1 saturated heterocycles. The largest absolute Gasteiger partial charge is 0.290 e. The van der Waals surface area contributed by atoms with E-state index in [1.807, 2.05) is 0 Å². The maximum absolute atomic E-state index is 11.8. The first-order valence-corrected chi connectivity index (χ1v) is 13.0. The molecule has 2 aromatic carbocycles. The highest BCUT2D eigenvalue weighted by molar-refractivity contribution is 8.18. The number of benzene rings is 2. The van der Waals surface area contributed by atoms with Gasteiger partial charge in [0.1, 0.15) is 5.82 Å². The first kappa shape index (κ1) is 22.8. The number of nitrogens with zero attached hydrogens (tertiary/aromatic N) is 2. The zero-order valence-corrected chi connectivity index (χ0v) is 20.0. The number of aryl methyl sites for hydroxylation is 1. The van der Waals surface area contributed by atoms with E-state index in [1.54, 1.807) is 18.3 Å². The van der Waals surface area contributed by atoms with Crippen LogP contribution in [-0.4, -0.2) is 21.1 Å². The summed E-state index contributed by atoms with van der Waals surface area (Å²) < 4.78 is 0. The number of fused-ring (bicyclic) bond motifs is 1. The van der Waals surface area contributed by atoms with Crippen LogP contribution in [0.3, 0.4) is 0 Å². The molecule has 0 atom stereocenters. The van der Waals surface area contributed by atoms with Crippen molar-refractivity contribution in [3.05, 3.63) is 76.7 Å². The van der Waals surface area contributed by atoms with Crippen LogP contribution < -0.4 is 5.32 Å². The third-order valence-electron chi connectivity index (χ3n) is 7.02. The average molecular weight is 472 g/mol. The number of amides is 2. The molecular weight excluding hydrogens is 442 g/mol. The molecular formula is C28H29N3O2S. The van der Waals surface area contributed by atoms with Crippen LogP contribution in [0.25, 0.3) is 16.8 Å². The number of carbonyl (C=O) groups is 2. The molecule has 0 radical (unpaired) electrons. The van der Waals surface area contributed by atoms with Crippen LogP contribution in [-0.2, 0) is 17.6 Å². The van der Waals surface area contributed by atoms with E-state index in [4.69, 9.17) is 0 Å². The van der Waals surface area contributed by atoms with Crippen LogP contribution in [0.4, 0.5) is 4.79 Å². The predicted octanol–water partition coefficient (Wildman–Crippen LogP) is 6.33. The molecule has 3 aromatic rings. The molecule has 0 unspecified atom stereocenters. The molecule has 2 amide bonds. The van der Waals surface area contributed by atoms with Crippen LogP contribution in [0.5, 0.6) is 0 Å². The molecule has 2 aliphatic rings. The zero-order chi connectivity index (χ0) is 23.3. The van der Waals surface area contributed by atoms with Crippen molar-refractivity contribution in [2.75, 3.05) is 0 Å². The first-order chi connectivity index (χ1) is 16.6. The molecule has 5 rings (SSSR count). The topological polar surface area (TPSA) is 72.0 Å². The lowest BCUT2D eigenvalue weighted by Gasteiger charge is -2.28. The van der Waals surface area contributed by atoms with Crippen LogP contribution >= 0.6 is 11.8 Å². The van der Waals surface area contributed by atoms with Gasteiger partial charge in [-0.05, 0) is 77.8 Å². The summed E-state index contributed by atoms with van der Waals surface area (Å²) in [7, 11) is 0. The number of rotatable bonds is 7. The Hall–Kier alpha value is -2.99. The van der Waals surface area contributed by atoms with Gasteiger partial charge in [-0.2, -0.15) is 0 Å². The molecule has 2 fully saturated rings. The van der Waals surface area contributed by atoms with Gasteiger partial charge in [0.25, 0.3) is 11.1 Å². The van der Waals surface area contributed by atoms with Crippen molar-refractivity contribution in [3.63, 3.8) is 0 Å². The lowest BCUT2D eigenvalue weighted by molar-refractivity contribution is -0.115. The third kappa shape index (κ3) is 5.55. The maximum atomic E-state index is 11.8. The van der Waals surface area contributed by atoms with E-state index in [1.165, 1.54) is 54.9 Å². The number of thioether (sulfide) groups is 1. The number of aromatic nitrogens is 2. The van der Waals surface area contributed by atoms with Gasteiger partial charge in [-0.25, -0.2) is 9.97 Å². The standard InChI is InChI=1S/C28H29N3O2S/c32-27-25(34-28(33)31-27)18-23-15-16-29-26(30-23)17-20-13-11-19(12-14-20)5-3-7-22-9-4-8-21-6-1-2-10-24(21)22/h1-2,4,6,8-10,15-16,18-20H,3,5,7,11-14,17H2,(H,31,32,33)/b25-18-. The molecule has 5 nitrogen and oxygen atoms in total. The molecule has 0 spiro atoms. The number of nitrogens with one attached hydrogen (secondary N) is 1. The highest BCUT2D eigenvalue weighted by Gasteiger charge is 2.25. The molecule has 1 aromatic heterocycles. The van der Waals surface area contributed by atoms with Crippen molar-refractivity contribution < 1.29 is 9.59 Å². The highest BCUT2D eigenvalue weighted by Crippen LogP contribution is 2.34. The van der Waals surface area contributed by atoms with E-state index in [-0.39, 0.29) is 11.1 Å². The summed E-state index contributed by atoms with van der Waals surface area (Å²) in [5, 5.41) is 4.67. The second kappa shape index (κ2) is 10.5. The Morgan fingerprint density at radius 1 is 0.971 bits per heavy atom. The lowest BCUT2D eigenvalue weighted by atomic mass is 9.78. The molecule has 0 bridgehead atoms. The van der Waals surface area contributed by atoms with Crippen LogP contribution in [0.1, 0.15) is 55.6 Å². The Labute approximate surface area is 204 Å². The van der Waals surface area contributed by atoms with Gasteiger partial charge >= 0.3 is 0 Å². The molecule has 2 heterocycles. The van der Waals surface area contributed by atoms with Gasteiger partial charge in [-0.3, -0.25) is 14.9 Å². The Bertz CT molecular complexity index is 1230. The normalized spacial score (nSPS) is 21.8. The van der Waals surface area contributed by atoms with Crippen molar-refractivity contribution >= 4 is 39.8 Å². The van der Waals surface area contributed by atoms with Gasteiger partial charge in [0, 0.05) is 12.6 Å². The summed E-state index contributed by atoms with van der Waals surface area (Å²) in [6.07, 6.45) is 13.0. The van der Waals surface area contributed by atoms with E-state index in [0.717, 1.165) is 36.3 Å². The fourth-order valence-electron chi connectivity index (χ4n) is 5.22. The molecule has 1 saturated carbocycles. The van der Waals surface area contributed by atoms with Crippen molar-refractivity contribution in [2.24, 2.45) is 11.8 Å². The summed E-state index contributed by atoms with van der Waals surface area (Å²) in [4.78, 5) is 32.6. The minimum Gasteiger partial charge on any atom is -0.282 e.